The third-order valence-electron chi connectivity index (χ3n) is 4.60. The molecule has 0 unspecified atom stereocenters. The highest BCUT2D eigenvalue weighted by molar-refractivity contribution is 7.21. The summed E-state index contributed by atoms with van der Waals surface area (Å²) in [6.45, 7) is 0. The van der Waals surface area contributed by atoms with Gasteiger partial charge in [0.2, 0.25) is 5.78 Å². The number of hydrogen-bond donors (Lipinski definition) is 1. The minimum Gasteiger partial charge on any atom is -0.397 e. The van der Waals surface area contributed by atoms with Gasteiger partial charge in [-0.15, -0.1) is 11.3 Å². The fourth-order valence-corrected chi connectivity index (χ4v) is 4.34. The van der Waals surface area contributed by atoms with Crippen LogP contribution in [0.3, 0.4) is 0 Å². The number of ketones is 1. The topological polar surface area (TPSA) is 68.9 Å². The van der Waals surface area contributed by atoms with Crippen molar-refractivity contribution in [2.24, 2.45) is 0 Å². The van der Waals surface area contributed by atoms with Crippen LogP contribution >= 0.6 is 11.3 Å². The van der Waals surface area contributed by atoms with E-state index >= 15 is 0 Å². The Morgan fingerprint density at radius 3 is 2.75 bits per heavy atom. The van der Waals surface area contributed by atoms with E-state index in [1.54, 1.807) is 18.3 Å². The summed E-state index contributed by atoms with van der Waals surface area (Å²) in [5.74, 6) is -0.122. The van der Waals surface area contributed by atoms with Gasteiger partial charge in [0.05, 0.1) is 5.69 Å². The van der Waals surface area contributed by atoms with Gasteiger partial charge < -0.3 is 5.73 Å². The van der Waals surface area contributed by atoms with Crippen molar-refractivity contribution in [2.45, 2.75) is 38.5 Å². The summed E-state index contributed by atoms with van der Waals surface area (Å²) in [5, 5.41) is 0.915. The van der Waals surface area contributed by atoms with Crippen molar-refractivity contribution in [1.29, 1.82) is 0 Å². The largest absolute Gasteiger partial charge is 0.397 e. The maximum Gasteiger partial charge on any atom is 0.223 e. The van der Waals surface area contributed by atoms with Crippen LogP contribution in [0.15, 0.2) is 30.5 Å². The van der Waals surface area contributed by atoms with Crippen LogP contribution in [0.2, 0.25) is 0 Å². The van der Waals surface area contributed by atoms with Crippen LogP contribution in [0.5, 0.6) is 0 Å². The van der Waals surface area contributed by atoms with Crippen LogP contribution in [-0.4, -0.2) is 15.8 Å². The second-order valence-corrected chi connectivity index (χ2v) is 7.25. The molecule has 3 aromatic heterocycles. The zero-order valence-electron chi connectivity index (χ0n) is 13.4. The van der Waals surface area contributed by atoms with Gasteiger partial charge >= 0.3 is 0 Å². The lowest BCUT2D eigenvalue weighted by Gasteiger charge is -2.12. The average Bonchev–Trinajstić information content (AvgIpc) is 2.91. The van der Waals surface area contributed by atoms with Crippen molar-refractivity contribution in [2.75, 3.05) is 5.73 Å². The monoisotopic (exact) mass is 337 g/mol. The van der Waals surface area contributed by atoms with E-state index in [9.17, 15) is 4.79 Å². The van der Waals surface area contributed by atoms with Crippen molar-refractivity contribution >= 4 is 33.0 Å². The standard InChI is InChI=1S/C19H19N3OS/c20-16-13-11-12-7-3-1-2-4-8-14(12)22-19(13)24-18(16)17(23)15-9-5-6-10-21-15/h5-6,9-11H,1-4,7-8,20H2. The summed E-state index contributed by atoms with van der Waals surface area (Å²) in [4.78, 5) is 23.1. The predicted octanol–water partition coefficient (Wildman–Crippen LogP) is 4.16. The number of carbonyl (C=O) groups is 1. The van der Waals surface area contributed by atoms with Crippen LogP contribution in [0.1, 0.15) is 52.3 Å². The molecule has 0 saturated carbocycles. The van der Waals surface area contributed by atoms with E-state index in [1.165, 1.54) is 48.3 Å². The number of hydrogen-bond acceptors (Lipinski definition) is 5. The SMILES string of the molecule is Nc1c(C(=O)c2ccccn2)sc2nc3c(cc12)CCCCCC3. The Bertz CT molecular complexity index is 902. The van der Waals surface area contributed by atoms with Crippen LogP contribution in [0.25, 0.3) is 10.2 Å². The summed E-state index contributed by atoms with van der Waals surface area (Å²) in [6.07, 6.45) is 8.63. The number of aryl methyl sites for hydroxylation is 2. The summed E-state index contributed by atoms with van der Waals surface area (Å²) in [5.41, 5.74) is 9.75. The molecule has 1 aliphatic carbocycles. The first-order valence-electron chi connectivity index (χ1n) is 8.40. The Kier molecular flexibility index (Phi) is 4.02. The Balaban J connectivity index is 1.81. The molecular formula is C19H19N3OS. The van der Waals surface area contributed by atoms with E-state index in [-0.39, 0.29) is 5.78 Å². The van der Waals surface area contributed by atoms with Crippen molar-refractivity contribution in [3.05, 3.63) is 52.3 Å². The van der Waals surface area contributed by atoms with E-state index in [0.29, 0.717) is 16.3 Å². The van der Waals surface area contributed by atoms with Crippen LogP contribution in [0.4, 0.5) is 5.69 Å². The quantitative estimate of drug-likeness (QED) is 0.713. The van der Waals surface area contributed by atoms with Gasteiger partial charge in [-0.2, -0.15) is 0 Å². The van der Waals surface area contributed by atoms with Gasteiger partial charge in [-0.25, -0.2) is 4.98 Å². The zero-order valence-corrected chi connectivity index (χ0v) is 14.2. The first-order chi connectivity index (χ1) is 11.7. The molecule has 24 heavy (non-hydrogen) atoms. The Morgan fingerprint density at radius 1 is 1.12 bits per heavy atom. The number of nitrogens with zero attached hydrogens (tertiary/aromatic N) is 2. The Hall–Kier alpha value is -2.27. The summed E-state index contributed by atoms with van der Waals surface area (Å²) < 4.78 is 0. The molecule has 0 atom stereocenters. The summed E-state index contributed by atoms with van der Waals surface area (Å²) in [7, 11) is 0. The molecule has 0 spiro atoms. The highest BCUT2D eigenvalue weighted by Gasteiger charge is 2.21. The highest BCUT2D eigenvalue weighted by atomic mass is 32.1. The number of thiophene rings is 1. The van der Waals surface area contributed by atoms with Gasteiger partial charge in [0.15, 0.2) is 0 Å². The molecule has 0 aromatic carbocycles. The van der Waals surface area contributed by atoms with Crippen LogP contribution < -0.4 is 5.73 Å². The van der Waals surface area contributed by atoms with Crippen LogP contribution in [0, 0.1) is 0 Å². The molecule has 0 amide bonds. The van der Waals surface area contributed by atoms with Crippen molar-refractivity contribution < 1.29 is 4.79 Å². The predicted molar refractivity (Wildman–Crippen MR) is 97.6 cm³/mol. The van der Waals surface area contributed by atoms with Gasteiger partial charge in [0.25, 0.3) is 0 Å². The first-order valence-corrected chi connectivity index (χ1v) is 9.22. The lowest BCUT2D eigenvalue weighted by Crippen LogP contribution is -2.04. The molecule has 0 bridgehead atoms. The van der Waals surface area contributed by atoms with Gasteiger partial charge in [-0.3, -0.25) is 9.78 Å². The fraction of sp³-hybridized carbons (Fsp3) is 0.316. The number of carbonyl (C=O) groups excluding carboxylic acids is 1. The van der Waals surface area contributed by atoms with Crippen LogP contribution in [-0.2, 0) is 12.8 Å². The second-order valence-electron chi connectivity index (χ2n) is 6.25. The van der Waals surface area contributed by atoms with Gasteiger partial charge in [-0.05, 0) is 49.4 Å². The first kappa shape index (κ1) is 15.3. The number of rotatable bonds is 2. The van der Waals surface area contributed by atoms with E-state index < -0.39 is 0 Å². The molecule has 1 aliphatic rings. The molecule has 0 saturated heterocycles. The van der Waals surface area contributed by atoms with Crippen molar-refractivity contribution in [1.82, 2.24) is 9.97 Å². The lowest BCUT2D eigenvalue weighted by atomic mass is 9.96. The second kappa shape index (κ2) is 6.32. The summed E-state index contributed by atoms with van der Waals surface area (Å²) >= 11 is 1.39. The van der Waals surface area contributed by atoms with E-state index in [2.05, 4.69) is 11.1 Å². The molecule has 4 nitrogen and oxygen atoms in total. The smallest absolute Gasteiger partial charge is 0.223 e. The average molecular weight is 337 g/mol. The highest BCUT2D eigenvalue weighted by Crippen LogP contribution is 2.36. The third-order valence-corrected chi connectivity index (χ3v) is 5.72. The molecule has 3 aromatic rings. The molecule has 4 rings (SSSR count). The number of nitrogen functional groups attached to an aromatic ring is 1. The zero-order chi connectivity index (χ0) is 16.5. The maximum atomic E-state index is 12.7. The molecular weight excluding hydrogens is 318 g/mol. The molecule has 2 N–H and O–H groups in total. The third kappa shape index (κ3) is 2.69. The number of nitrogens with two attached hydrogens (primary N) is 1. The summed E-state index contributed by atoms with van der Waals surface area (Å²) in [6, 6.07) is 7.49. The van der Waals surface area contributed by atoms with Gasteiger partial charge in [0, 0.05) is 17.3 Å². The maximum absolute atomic E-state index is 12.7. The van der Waals surface area contributed by atoms with E-state index in [0.717, 1.165) is 23.1 Å². The number of fused-ring (bicyclic) bond motifs is 2. The fourth-order valence-electron chi connectivity index (χ4n) is 3.30. The Morgan fingerprint density at radius 2 is 1.96 bits per heavy atom. The molecule has 0 aliphatic heterocycles. The molecule has 0 radical (unpaired) electrons. The van der Waals surface area contributed by atoms with Gasteiger partial charge in [0.1, 0.15) is 15.4 Å². The molecule has 122 valence electrons. The lowest BCUT2D eigenvalue weighted by molar-refractivity contribution is 0.103. The Labute approximate surface area is 144 Å². The molecule has 0 fully saturated rings. The van der Waals surface area contributed by atoms with E-state index in [1.807, 2.05) is 6.07 Å². The van der Waals surface area contributed by atoms with Crippen molar-refractivity contribution in [3.8, 4) is 0 Å². The minimum absolute atomic E-state index is 0.122. The normalized spacial score (nSPS) is 14.8. The molecule has 5 heteroatoms. The number of aromatic nitrogens is 2. The number of pyridine rings is 2. The van der Waals surface area contributed by atoms with Gasteiger partial charge in [-0.1, -0.05) is 18.9 Å². The number of anilines is 1. The molecule has 3 heterocycles. The van der Waals surface area contributed by atoms with E-state index in [4.69, 9.17) is 10.7 Å². The minimum atomic E-state index is -0.122. The van der Waals surface area contributed by atoms with Crippen molar-refractivity contribution in [3.63, 3.8) is 0 Å².